The fourth-order valence-electron chi connectivity index (χ4n) is 4.10. The first kappa shape index (κ1) is 19.5. The second-order valence-corrected chi connectivity index (χ2v) is 7.64. The highest BCUT2D eigenvalue weighted by Crippen LogP contribution is 2.20. The van der Waals surface area contributed by atoms with E-state index < -0.39 is 0 Å². The van der Waals surface area contributed by atoms with Crippen molar-refractivity contribution in [1.29, 1.82) is 0 Å². The number of nitrogens with one attached hydrogen (secondary N) is 1. The van der Waals surface area contributed by atoms with E-state index in [2.05, 4.69) is 29.0 Å². The monoisotopic (exact) mass is 365 g/mol. The average molecular weight is 365 g/mol. The van der Waals surface area contributed by atoms with E-state index in [1.54, 1.807) is 0 Å². The van der Waals surface area contributed by atoms with Gasteiger partial charge in [0.2, 0.25) is 0 Å². The second kappa shape index (κ2) is 9.13. The number of benzene rings is 1. The standard InChI is InChI=1S/C20H32FN3O2/c1-15-12-24(13-16(2)26-15)9-8-23-7-6-22-18(14-23)10-17-4-5-19(21)20(11-17)25-3/h4-5,11,15-16,18,22H,6-10,12-14H2,1-3H3/t15?,16?,18-/m1/s1. The zero-order chi connectivity index (χ0) is 18.5. The third-order valence-electron chi connectivity index (χ3n) is 5.26. The topological polar surface area (TPSA) is 37.0 Å². The van der Waals surface area contributed by atoms with Crippen LogP contribution in [0.2, 0.25) is 0 Å². The van der Waals surface area contributed by atoms with E-state index in [1.807, 2.05) is 12.1 Å². The lowest BCUT2D eigenvalue weighted by atomic mass is 10.0. The Balaban J connectivity index is 1.48. The third-order valence-corrected chi connectivity index (χ3v) is 5.26. The Morgan fingerprint density at radius 3 is 2.62 bits per heavy atom. The summed E-state index contributed by atoms with van der Waals surface area (Å²) in [6.07, 6.45) is 1.53. The minimum absolute atomic E-state index is 0.302. The van der Waals surface area contributed by atoms with E-state index in [1.165, 1.54) is 13.2 Å². The zero-order valence-electron chi connectivity index (χ0n) is 16.2. The maximum Gasteiger partial charge on any atom is 0.165 e. The molecule has 2 heterocycles. The van der Waals surface area contributed by atoms with Gasteiger partial charge < -0.3 is 14.8 Å². The zero-order valence-corrected chi connectivity index (χ0v) is 16.2. The normalized spacial score (nSPS) is 28.2. The smallest absolute Gasteiger partial charge is 0.165 e. The quantitative estimate of drug-likeness (QED) is 0.831. The summed E-state index contributed by atoms with van der Waals surface area (Å²) in [6.45, 7) is 11.6. The Morgan fingerprint density at radius 2 is 1.88 bits per heavy atom. The van der Waals surface area contributed by atoms with E-state index in [4.69, 9.17) is 9.47 Å². The molecule has 26 heavy (non-hydrogen) atoms. The van der Waals surface area contributed by atoms with Crippen molar-refractivity contribution < 1.29 is 13.9 Å². The lowest BCUT2D eigenvalue weighted by Gasteiger charge is -2.38. The highest BCUT2D eigenvalue weighted by atomic mass is 19.1. The molecule has 146 valence electrons. The molecule has 6 heteroatoms. The Bertz CT molecular complexity index is 576. The molecule has 0 amide bonds. The molecule has 0 spiro atoms. The molecule has 2 aliphatic heterocycles. The van der Waals surface area contributed by atoms with Gasteiger partial charge in [0, 0.05) is 51.9 Å². The van der Waals surface area contributed by atoms with Gasteiger partial charge in [0.1, 0.15) is 0 Å². The van der Waals surface area contributed by atoms with Gasteiger partial charge in [0.05, 0.1) is 19.3 Å². The number of nitrogens with zero attached hydrogens (tertiary/aromatic N) is 2. The van der Waals surface area contributed by atoms with Gasteiger partial charge in [-0.2, -0.15) is 0 Å². The molecular weight excluding hydrogens is 333 g/mol. The SMILES string of the molecule is COc1cc(C[C@@H]2CN(CCN3CC(C)OC(C)C3)CCN2)ccc1F. The van der Waals surface area contributed by atoms with E-state index in [0.29, 0.717) is 24.0 Å². The molecule has 0 aromatic heterocycles. The summed E-state index contributed by atoms with van der Waals surface area (Å²) < 4.78 is 24.5. The van der Waals surface area contributed by atoms with E-state index in [9.17, 15) is 4.39 Å². The predicted molar refractivity (Wildman–Crippen MR) is 101 cm³/mol. The van der Waals surface area contributed by atoms with Crippen molar-refractivity contribution in [3.63, 3.8) is 0 Å². The highest BCUT2D eigenvalue weighted by molar-refractivity contribution is 5.30. The van der Waals surface area contributed by atoms with Gasteiger partial charge in [-0.1, -0.05) is 6.07 Å². The molecule has 3 rings (SSSR count). The highest BCUT2D eigenvalue weighted by Gasteiger charge is 2.24. The van der Waals surface area contributed by atoms with Crippen LogP contribution in [-0.4, -0.2) is 81.0 Å². The maximum atomic E-state index is 13.6. The number of halogens is 1. The number of morpholine rings is 1. The number of hydrogen-bond donors (Lipinski definition) is 1. The van der Waals surface area contributed by atoms with Crippen LogP contribution in [0.15, 0.2) is 18.2 Å². The number of ether oxygens (including phenoxy) is 2. The van der Waals surface area contributed by atoms with Gasteiger partial charge in [0.25, 0.3) is 0 Å². The molecule has 2 fully saturated rings. The minimum atomic E-state index is -0.302. The first-order valence-corrected chi connectivity index (χ1v) is 9.69. The van der Waals surface area contributed by atoms with E-state index >= 15 is 0 Å². The molecule has 2 saturated heterocycles. The first-order chi connectivity index (χ1) is 12.5. The van der Waals surface area contributed by atoms with Crippen LogP contribution in [0.5, 0.6) is 5.75 Å². The Morgan fingerprint density at radius 1 is 1.15 bits per heavy atom. The van der Waals surface area contributed by atoms with Crippen molar-refractivity contribution in [3.05, 3.63) is 29.6 Å². The molecule has 3 atom stereocenters. The molecule has 5 nitrogen and oxygen atoms in total. The Hall–Kier alpha value is -1.21. The number of rotatable bonds is 6. The van der Waals surface area contributed by atoms with Crippen LogP contribution in [0, 0.1) is 5.82 Å². The summed E-state index contributed by atoms with van der Waals surface area (Å²) in [5.41, 5.74) is 1.11. The fourth-order valence-corrected chi connectivity index (χ4v) is 4.10. The van der Waals surface area contributed by atoms with Crippen LogP contribution >= 0.6 is 0 Å². The van der Waals surface area contributed by atoms with Gasteiger partial charge in [-0.25, -0.2) is 4.39 Å². The van der Waals surface area contributed by atoms with Crippen LogP contribution in [0.25, 0.3) is 0 Å². The molecule has 0 aliphatic carbocycles. The van der Waals surface area contributed by atoms with Crippen molar-refractivity contribution >= 4 is 0 Å². The third kappa shape index (κ3) is 5.39. The largest absolute Gasteiger partial charge is 0.494 e. The molecular formula is C20H32FN3O2. The fraction of sp³-hybridized carbons (Fsp3) is 0.700. The molecule has 1 N–H and O–H groups in total. The van der Waals surface area contributed by atoms with Gasteiger partial charge in [0.15, 0.2) is 11.6 Å². The lowest BCUT2D eigenvalue weighted by molar-refractivity contribution is -0.0696. The van der Waals surface area contributed by atoms with E-state index in [0.717, 1.165) is 57.8 Å². The number of hydrogen-bond acceptors (Lipinski definition) is 5. The van der Waals surface area contributed by atoms with Gasteiger partial charge in [-0.15, -0.1) is 0 Å². The van der Waals surface area contributed by atoms with Crippen molar-refractivity contribution in [3.8, 4) is 5.75 Å². The van der Waals surface area contributed by atoms with Crippen molar-refractivity contribution in [2.24, 2.45) is 0 Å². The van der Waals surface area contributed by atoms with Crippen molar-refractivity contribution in [2.45, 2.75) is 38.5 Å². The van der Waals surface area contributed by atoms with Crippen molar-refractivity contribution in [2.75, 3.05) is 52.9 Å². The average Bonchev–Trinajstić information content (AvgIpc) is 2.61. The molecule has 2 unspecified atom stereocenters. The van der Waals surface area contributed by atoms with Crippen LogP contribution in [0.3, 0.4) is 0 Å². The summed E-state index contributed by atoms with van der Waals surface area (Å²) in [6, 6.07) is 5.55. The molecule has 0 bridgehead atoms. The summed E-state index contributed by atoms with van der Waals surface area (Å²) in [5.74, 6) is 0.0224. The van der Waals surface area contributed by atoms with E-state index in [-0.39, 0.29) is 5.82 Å². The van der Waals surface area contributed by atoms with Crippen LogP contribution < -0.4 is 10.1 Å². The van der Waals surface area contributed by atoms with Crippen LogP contribution in [0.4, 0.5) is 4.39 Å². The van der Waals surface area contributed by atoms with Gasteiger partial charge in [-0.3, -0.25) is 9.80 Å². The van der Waals surface area contributed by atoms with Crippen LogP contribution in [0.1, 0.15) is 19.4 Å². The Labute approximate surface area is 156 Å². The molecule has 0 saturated carbocycles. The second-order valence-electron chi connectivity index (χ2n) is 7.64. The number of methoxy groups -OCH3 is 1. The first-order valence-electron chi connectivity index (χ1n) is 9.69. The minimum Gasteiger partial charge on any atom is -0.494 e. The molecule has 1 aromatic carbocycles. The lowest BCUT2D eigenvalue weighted by Crippen LogP contribution is -2.54. The summed E-state index contributed by atoms with van der Waals surface area (Å²) in [5, 5.41) is 3.59. The maximum absolute atomic E-state index is 13.6. The number of piperazine rings is 1. The predicted octanol–water partition coefficient (Wildman–Crippen LogP) is 1.76. The van der Waals surface area contributed by atoms with Gasteiger partial charge in [-0.05, 0) is 38.0 Å². The Kier molecular flexibility index (Phi) is 6.86. The summed E-state index contributed by atoms with van der Waals surface area (Å²) in [7, 11) is 1.51. The molecule has 0 radical (unpaired) electrons. The summed E-state index contributed by atoms with van der Waals surface area (Å²) >= 11 is 0. The molecule has 2 aliphatic rings. The summed E-state index contributed by atoms with van der Waals surface area (Å²) in [4.78, 5) is 5.05. The van der Waals surface area contributed by atoms with Gasteiger partial charge >= 0.3 is 0 Å². The van der Waals surface area contributed by atoms with Crippen molar-refractivity contribution in [1.82, 2.24) is 15.1 Å². The molecule has 1 aromatic rings. The van der Waals surface area contributed by atoms with Crippen LogP contribution in [-0.2, 0) is 11.2 Å².